The van der Waals surface area contributed by atoms with Crippen LogP contribution in [0.1, 0.15) is 0 Å². The van der Waals surface area contributed by atoms with E-state index in [0.717, 1.165) is 49.3 Å². The molecule has 0 radical (unpaired) electrons. The monoisotopic (exact) mass is 666 g/mol. The van der Waals surface area contributed by atoms with Crippen molar-refractivity contribution in [2.24, 2.45) is 0 Å². The van der Waals surface area contributed by atoms with Crippen LogP contribution in [0, 0.1) is 0 Å². The first-order valence-electron chi connectivity index (χ1n) is 17.3. The normalized spacial score (nSPS) is 12.3. The Morgan fingerprint density at radius 3 is 1.59 bits per heavy atom. The van der Waals surface area contributed by atoms with E-state index in [0.29, 0.717) is 0 Å². The largest absolute Gasteiger partial charge is 0.456 e. The lowest BCUT2D eigenvalue weighted by molar-refractivity contribution is 0.669. The van der Waals surface area contributed by atoms with Crippen molar-refractivity contribution in [2.45, 2.75) is 0 Å². The topological polar surface area (TPSA) is 26.3 Å². The Balaban J connectivity index is 1.11. The van der Waals surface area contributed by atoms with E-state index in [2.05, 4.69) is 146 Å². The SMILES string of the molecule is c1ccc2c(c1)oc1ccc3cc4c(cc3c12)oc1ccc(-c2c3ccccc3c(-c3ccc5sc6ccccc6c5c3)c3ccccc23)cc14. The van der Waals surface area contributed by atoms with Gasteiger partial charge >= 0.3 is 0 Å². The number of rotatable bonds is 2. The lowest BCUT2D eigenvalue weighted by atomic mass is 9.85. The van der Waals surface area contributed by atoms with E-state index in [1.54, 1.807) is 0 Å². The average Bonchev–Trinajstić information content (AvgIpc) is 3.86. The van der Waals surface area contributed by atoms with E-state index >= 15 is 0 Å². The number of benzene rings is 9. The van der Waals surface area contributed by atoms with Gasteiger partial charge in [-0.3, -0.25) is 0 Å². The summed E-state index contributed by atoms with van der Waals surface area (Å²) in [5, 5.41) is 14.4. The first-order chi connectivity index (χ1) is 25.3. The molecule has 0 saturated carbocycles. The number of hydrogen-bond donors (Lipinski definition) is 0. The third-order valence-electron chi connectivity index (χ3n) is 10.8. The molecule has 9 aromatic carbocycles. The van der Waals surface area contributed by atoms with Crippen LogP contribution in [0.5, 0.6) is 0 Å². The van der Waals surface area contributed by atoms with Crippen LogP contribution in [-0.2, 0) is 0 Å². The molecule has 0 N–H and O–H groups in total. The predicted octanol–water partition coefficient (Wildman–Crippen LogP) is 14.6. The van der Waals surface area contributed by atoms with E-state index in [1.165, 1.54) is 69.4 Å². The Labute approximate surface area is 295 Å². The van der Waals surface area contributed by atoms with Gasteiger partial charge in [0.2, 0.25) is 0 Å². The highest BCUT2D eigenvalue weighted by Crippen LogP contribution is 2.47. The van der Waals surface area contributed by atoms with E-state index in [4.69, 9.17) is 8.83 Å². The highest BCUT2D eigenvalue weighted by Gasteiger charge is 2.19. The molecule has 51 heavy (non-hydrogen) atoms. The summed E-state index contributed by atoms with van der Waals surface area (Å²) in [5.74, 6) is 0. The number of hydrogen-bond acceptors (Lipinski definition) is 3. The molecule has 2 nitrogen and oxygen atoms in total. The van der Waals surface area contributed by atoms with Crippen LogP contribution >= 0.6 is 11.3 Å². The van der Waals surface area contributed by atoms with Crippen molar-refractivity contribution in [3.8, 4) is 22.3 Å². The van der Waals surface area contributed by atoms with Crippen LogP contribution < -0.4 is 0 Å². The summed E-state index contributed by atoms with van der Waals surface area (Å²) in [7, 11) is 0. The van der Waals surface area contributed by atoms with E-state index < -0.39 is 0 Å². The Morgan fingerprint density at radius 1 is 0.314 bits per heavy atom. The Morgan fingerprint density at radius 2 is 0.843 bits per heavy atom. The molecule has 3 heteroatoms. The molecule has 0 unspecified atom stereocenters. The summed E-state index contributed by atoms with van der Waals surface area (Å²) in [4.78, 5) is 0. The van der Waals surface area contributed by atoms with Crippen LogP contribution in [0.3, 0.4) is 0 Å². The van der Waals surface area contributed by atoms with E-state index in [9.17, 15) is 0 Å². The fourth-order valence-electron chi connectivity index (χ4n) is 8.61. The molecule has 0 aliphatic carbocycles. The molecule has 236 valence electrons. The lowest BCUT2D eigenvalue weighted by Crippen LogP contribution is -1.90. The van der Waals surface area contributed by atoms with Crippen LogP contribution in [0.4, 0.5) is 0 Å². The van der Waals surface area contributed by atoms with Crippen molar-refractivity contribution < 1.29 is 8.83 Å². The quantitative estimate of drug-likeness (QED) is 0.172. The van der Waals surface area contributed by atoms with Crippen molar-refractivity contribution in [2.75, 3.05) is 0 Å². The fourth-order valence-corrected chi connectivity index (χ4v) is 9.69. The van der Waals surface area contributed by atoms with Gasteiger partial charge < -0.3 is 8.83 Å². The number of fused-ring (bicyclic) bond motifs is 13. The maximum atomic E-state index is 6.57. The molecule has 0 bridgehead atoms. The molecule has 3 aromatic heterocycles. The Kier molecular flexibility index (Phi) is 5.41. The molecule has 0 aliphatic rings. The first kappa shape index (κ1) is 27.4. The fraction of sp³-hybridized carbons (Fsp3) is 0. The van der Waals surface area contributed by atoms with Gasteiger partial charge in [0, 0.05) is 41.7 Å². The van der Waals surface area contributed by atoms with Crippen molar-refractivity contribution in [1.29, 1.82) is 0 Å². The van der Waals surface area contributed by atoms with Gasteiger partial charge in [-0.1, -0.05) is 103 Å². The summed E-state index contributed by atoms with van der Waals surface area (Å²) < 4.78 is 15.4. The van der Waals surface area contributed by atoms with Gasteiger partial charge in [0.1, 0.15) is 22.3 Å². The minimum atomic E-state index is 0.883. The van der Waals surface area contributed by atoms with Gasteiger partial charge in [-0.15, -0.1) is 11.3 Å². The zero-order valence-corrected chi connectivity index (χ0v) is 28.1. The third-order valence-corrected chi connectivity index (χ3v) is 12.0. The van der Waals surface area contributed by atoms with Crippen molar-refractivity contribution in [3.05, 3.63) is 158 Å². The lowest BCUT2D eigenvalue weighted by Gasteiger charge is -2.18. The molecule has 0 atom stereocenters. The van der Waals surface area contributed by atoms with Crippen LogP contribution in [0.25, 0.3) is 119 Å². The molecule has 0 fully saturated rings. The maximum Gasteiger partial charge on any atom is 0.136 e. The van der Waals surface area contributed by atoms with Gasteiger partial charge in [-0.2, -0.15) is 0 Å². The second-order valence-electron chi connectivity index (χ2n) is 13.6. The molecule has 0 spiro atoms. The van der Waals surface area contributed by atoms with Gasteiger partial charge in [0.05, 0.1) is 0 Å². The minimum absolute atomic E-state index is 0.883. The highest BCUT2D eigenvalue weighted by molar-refractivity contribution is 7.25. The van der Waals surface area contributed by atoms with Gasteiger partial charge in [0.25, 0.3) is 0 Å². The van der Waals surface area contributed by atoms with Crippen LogP contribution in [0.2, 0.25) is 0 Å². The zero-order chi connectivity index (χ0) is 33.2. The van der Waals surface area contributed by atoms with Crippen molar-refractivity contribution >= 4 is 108 Å². The van der Waals surface area contributed by atoms with Gasteiger partial charge in [-0.05, 0) is 109 Å². The summed E-state index contributed by atoms with van der Waals surface area (Å²) in [5.41, 5.74) is 8.52. The smallest absolute Gasteiger partial charge is 0.136 e. The van der Waals surface area contributed by atoms with Gasteiger partial charge in [0.15, 0.2) is 0 Å². The Bertz CT molecular complexity index is 3370. The third kappa shape index (κ3) is 3.81. The maximum absolute atomic E-state index is 6.57. The molecule has 0 aliphatic heterocycles. The Hall–Kier alpha value is -6.42. The summed E-state index contributed by atoms with van der Waals surface area (Å²) in [6, 6.07) is 57.2. The molecule has 0 saturated heterocycles. The van der Waals surface area contributed by atoms with Crippen molar-refractivity contribution in [3.63, 3.8) is 0 Å². The van der Waals surface area contributed by atoms with E-state index in [-0.39, 0.29) is 0 Å². The predicted molar refractivity (Wildman–Crippen MR) is 217 cm³/mol. The second-order valence-corrected chi connectivity index (χ2v) is 14.7. The molecular formula is C48H26O2S. The average molecular weight is 667 g/mol. The molecule has 3 heterocycles. The van der Waals surface area contributed by atoms with Crippen molar-refractivity contribution in [1.82, 2.24) is 0 Å². The van der Waals surface area contributed by atoms with Crippen LogP contribution in [-0.4, -0.2) is 0 Å². The molecule has 12 rings (SSSR count). The number of thiophene rings is 1. The van der Waals surface area contributed by atoms with Gasteiger partial charge in [-0.25, -0.2) is 0 Å². The van der Waals surface area contributed by atoms with Crippen LogP contribution in [0.15, 0.2) is 167 Å². The minimum Gasteiger partial charge on any atom is -0.456 e. The number of para-hydroxylation sites is 1. The molecule has 0 amide bonds. The zero-order valence-electron chi connectivity index (χ0n) is 27.2. The summed E-state index contributed by atoms with van der Waals surface area (Å²) in [6.07, 6.45) is 0. The standard InChI is InChI=1S/C48H26O2S/c1-3-12-33-31(10-1)46(32-11-2-4-13-34(32)47(33)29-19-22-45-39(25-29)30-9-6-8-16-44(30)51-45)28-18-20-41-37(24-28)38-23-27-17-21-42-48(36(27)26-43(38)50-41)35-14-5-7-15-40(35)49-42/h1-26H. The summed E-state index contributed by atoms with van der Waals surface area (Å²) in [6.45, 7) is 0. The summed E-state index contributed by atoms with van der Waals surface area (Å²) >= 11 is 1.86. The molecular weight excluding hydrogens is 641 g/mol. The molecule has 12 aromatic rings. The highest BCUT2D eigenvalue weighted by atomic mass is 32.1. The van der Waals surface area contributed by atoms with E-state index in [1.807, 2.05) is 23.5 Å². The number of furan rings is 2. The first-order valence-corrected chi connectivity index (χ1v) is 18.1. The second kappa shape index (κ2) is 10.1.